The van der Waals surface area contributed by atoms with Gasteiger partial charge in [-0.05, 0) is 103 Å². The van der Waals surface area contributed by atoms with Crippen LogP contribution in [0.2, 0.25) is 0 Å². The molecule has 0 heterocycles. The zero-order valence-corrected chi connectivity index (χ0v) is 42.8. The zero-order valence-electron chi connectivity index (χ0n) is 42.8. The van der Waals surface area contributed by atoms with Gasteiger partial charge in [-0.2, -0.15) is 0 Å². The van der Waals surface area contributed by atoms with E-state index in [-0.39, 0.29) is 25.2 Å². The highest BCUT2D eigenvalue weighted by molar-refractivity contribution is 5.70. The van der Waals surface area contributed by atoms with Crippen LogP contribution < -0.4 is 0 Å². The van der Waals surface area contributed by atoms with E-state index in [1.54, 1.807) is 0 Å². The molecule has 0 rings (SSSR count). The van der Waals surface area contributed by atoms with Gasteiger partial charge in [0.25, 0.3) is 0 Å². The number of unbranched alkanes of at least 4 members (excludes halogenated alkanes) is 30. The molecule has 372 valence electrons. The number of allylic oxidation sites excluding steroid dienone is 10. The predicted molar refractivity (Wildman–Crippen MR) is 279 cm³/mol. The van der Waals surface area contributed by atoms with E-state index >= 15 is 0 Å². The molecule has 0 spiro atoms. The van der Waals surface area contributed by atoms with Gasteiger partial charge in [0.1, 0.15) is 6.61 Å². The Morgan fingerprint density at radius 1 is 0.344 bits per heavy atom. The SMILES string of the molecule is CCC/C=C\C/C=C\CCCCCCCC(=O)OC(COCCCCCCCCCC/C=C\C/C=C\CCCCC)COC(=O)CCCCCCCCC/C=C\CCCCCCCC. The van der Waals surface area contributed by atoms with Crippen molar-refractivity contribution in [3.8, 4) is 0 Å². The molecule has 0 aromatic heterocycles. The van der Waals surface area contributed by atoms with Gasteiger partial charge in [-0.3, -0.25) is 9.59 Å². The molecular formula is C59H106O5. The van der Waals surface area contributed by atoms with Gasteiger partial charge in [-0.25, -0.2) is 0 Å². The molecule has 1 unspecified atom stereocenters. The second kappa shape index (κ2) is 54.9. The van der Waals surface area contributed by atoms with E-state index in [1.807, 2.05) is 0 Å². The molecular weight excluding hydrogens is 789 g/mol. The topological polar surface area (TPSA) is 61.8 Å². The smallest absolute Gasteiger partial charge is 0.306 e. The molecule has 0 amide bonds. The van der Waals surface area contributed by atoms with E-state index < -0.39 is 6.10 Å². The molecule has 0 saturated heterocycles. The van der Waals surface area contributed by atoms with Crippen LogP contribution in [-0.4, -0.2) is 37.9 Å². The summed E-state index contributed by atoms with van der Waals surface area (Å²) in [5, 5.41) is 0. The van der Waals surface area contributed by atoms with Crippen molar-refractivity contribution in [2.75, 3.05) is 19.8 Å². The van der Waals surface area contributed by atoms with Crippen molar-refractivity contribution in [2.24, 2.45) is 0 Å². The molecule has 1 atom stereocenters. The summed E-state index contributed by atoms with van der Waals surface area (Å²) in [6, 6.07) is 0. The Balaban J connectivity index is 4.27. The van der Waals surface area contributed by atoms with E-state index in [0.717, 1.165) is 64.2 Å². The average molecular weight is 895 g/mol. The summed E-state index contributed by atoms with van der Waals surface area (Å²) in [6.45, 7) is 7.73. The second-order valence-corrected chi connectivity index (χ2v) is 18.5. The number of carbonyl (C=O) groups excluding carboxylic acids is 2. The van der Waals surface area contributed by atoms with Crippen molar-refractivity contribution in [1.29, 1.82) is 0 Å². The van der Waals surface area contributed by atoms with Gasteiger partial charge in [0.05, 0.1) is 6.61 Å². The number of hydrogen-bond acceptors (Lipinski definition) is 5. The summed E-state index contributed by atoms with van der Waals surface area (Å²) in [4.78, 5) is 25.5. The Labute approximate surface area is 398 Å². The van der Waals surface area contributed by atoms with Crippen molar-refractivity contribution >= 4 is 11.9 Å². The fraction of sp³-hybridized carbons (Fsp3) is 0.797. The first kappa shape index (κ1) is 61.6. The lowest BCUT2D eigenvalue weighted by Crippen LogP contribution is -2.30. The first-order valence-corrected chi connectivity index (χ1v) is 27.8. The van der Waals surface area contributed by atoms with Gasteiger partial charge in [0.15, 0.2) is 6.10 Å². The quantitative estimate of drug-likeness (QED) is 0.0346. The Morgan fingerprint density at radius 2 is 0.688 bits per heavy atom. The lowest BCUT2D eigenvalue weighted by atomic mass is 10.1. The van der Waals surface area contributed by atoms with Gasteiger partial charge >= 0.3 is 11.9 Å². The Bertz CT molecular complexity index is 1100. The van der Waals surface area contributed by atoms with Gasteiger partial charge < -0.3 is 14.2 Å². The first-order valence-electron chi connectivity index (χ1n) is 27.8. The maximum absolute atomic E-state index is 12.8. The van der Waals surface area contributed by atoms with Crippen LogP contribution in [0.1, 0.15) is 278 Å². The third-order valence-electron chi connectivity index (χ3n) is 12.0. The fourth-order valence-corrected chi connectivity index (χ4v) is 7.81. The highest BCUT2D eigenvalue weighted by Crippen LogP contribution is 2.14. The van der Waals surface area contributed by atoms with Crippen LogP contribution in [0.3, 0.4) is 0 Å². The normalized spacial score (nSPS) is 12.6. The van der Waals surface area contributed by atoms with Crippen LogP contribution in [0.4, 0.5) is 0 Å². The summed E-state index contributed by atoms with van der Waals surface area (Å²) < 4.78 is 17.4. The van der Waals surface area contributed by atoms with Crippen LogP contribution in [-0.2, 0) is 23.8 Å². The molecule has 0 aliphatic carbocycles. The Kier molecular flexibility index (Phi) is 52.9. The van der Waals surface area contributed by atoms with E-state index in [4.69, 9.17) is 14.2 Å². The molecule has 64 heavy (non-hydrogen) atoms. The van der Waals surface area contributed by atoms with E-state index in [9.17, 15) is 9.59 Å². The monoisotopic (exact) mass is 895 g/mol. The Hall–Kier alpha value is -2.40. The minimum Gasteiger partial charge on any atom is -0.462 e. The summed E-state index contributed by atoms with van der Waals surface area (Å²) in [6.07, 6.45) is 69.5. The molecule has 0 N–H and O–H groups in total. The summed E-state index contributed by atoms with van der Waals surface area (Å²) in [5.41, 5.74) is 0. The number of carbonyl (C=O) groups is 2. The highest BCUT2D eigenvalue weighted by atomic mass is 16.6. The van der Waals surface area contributed by atoms with Crippen LogP contribution in [0.25, 0.3) is 0 Å². The highest BCUT2D eigenvalue weighted by Gasteiger charge is 2.17. The molecule has 5 nitrogen and oxygen atoms in total. The minimum atomic E-state index is -0.549. The van der Waals surface area contributed by atoms with Crippen LogP contribution in [0.15, 0.2) is 60.8 Å². The predicted octanol–water partition coefficient (Wildman–Crippen LogP) is 18.9. The lowest BCUT2D eigenvalue weighted by molar-refractivity contribution is -0.163. The summed E-state index contributed by atoms with van der Waals surface area (Å²) in [7, 11) is 0. The molecule has 0 aromatic carbocycles. The molecule has 0 radical (unpaired) electrons. The van der Waals surface area contributed by atoms with Crippen molar-refractivity contribution < 1.29 is 23.8 Å². The van der Waals surface area contributed by atoms with Gasteiger partial charge in [-0.1, -0.05) is 223 Å². The minimum absolute atomic E-state index is 0.0753. The van der Waals surface area contributed by atoms with Gasteiger partial charge in [0, 0.05) is 19.4 Å². The lowest BCUT2D eigenvalue weighted by Gasteiger charge is -2.18. The molecule has 0 bridgehead atoms. The van der Waals surface area contributed by atoms with Crippen molar-refractivity contribution in [2.45, 2.75) is 284 Å². The van der Waals surface area contributed by atoms with Crippen molar-refractivity contribution in [3.05, 3.63) is 60.8 Å². The van der Waals surface area contributed by atoms with E-state index in [0.29, 0.717) is 19.4 Å². The molecule has 0 saturated carbocycles. The molecule has 0 aromatic rings. The van der Waals surface area contributed by atoms with Gasteiger partial charge in [-0.15, -0.1) is 0 Å². The molecule has 0 aliphatic rings. The number of esters is 2. The Morgan fingerprint density at radius 3 is 1.14 bits per heavy atom. The van der Waals surface area contributed by atoms with Crippen molar-refractivity contribution in [1.82, 2.24) is 0 Å². The van der Waals surface area contributed by atoms with E-state index in [1.165, 1.54) is 180 Å². The molecule has 0 fully saturated rings. The average Bonchev–Trinajstić information content (AvgIpc) is 3.30. The molecule has 0 aliphatic heterocycles. The largest absolute Gasteiger partial charge is 0.462 e. The van der Waals surface area contributed by atoms with E-state index in [2.05, 4.69) is 81.5 Å². The van der Waals surface area contributed by atoms with Crippen LogP contribution in [0.5, 0.6) is 0 Å². The van der Waals surface area contributed by atoms with Crippen LogP contribution in [0, 0.1) is 0 Å². The number of rotatable bonds is 51. The maximum atomic E-state index is 12.8. The standard InChI is InChI=1S/C59H106O5/c1-4-7-10-13-16-19-22-25-27-29-31-33-36-39-42-45-48-51-54-62-55-57(64-59(61)53-50-47-44-41-38-34-24-21-18-15-12-9-6-3)56-63-58(60)52-49-46-43-40-37-35-32-30-28-26-23-20-17-14-11-8-5-2/h12,15-16,19,21,24-28,57H,4-11,13-14,17-18,20,22-23,29-56H2,1-3H3/b15-12-,19-16-,24-21-,27-25-,28-26-. The van der Waals surface area contributed by atoms with Crippen LogP contribution >= 0.6 is 0 Å². The third-order valence-corrected chi connectivity index (χ3v) is 12.0. The first-order chi connectivity index (χ1) is 31.6. The maximum Gasteiger partial charge on any atom is 0.306 e. The third kappa shape index (κ3) is 52.2. The number of hydrogen-bond donors (Lipinski definition) is 0. The summed E-state index contributed by atoms with van der Waals surface area (Å²) in [5.74, 6) is -0.414. The molecule has 5 heteroatoms. The summed E-state index contributed by atoms with van der Waals surface area (Å²) >= 11 is 0. The number of ether oxygens (including phenoxy) is 3. The van der Waals surface area contributed by atoms with Crippen molar-refractivity contribution in [3.63, 3.8) is 0 Å². The fourth-order valence-electron chi connectivity index (χ4n) is 7.81. The van der Waals surface area contributed by atoms with Gasteiger partial charge in [0.2, 0.25) is 0 Å². The zero-order chi connectivity index (χ0) is 46.3. The second-order valence-electron chi connectivity index (χ2n) is 18.5.